The predicted octanol–water partition coefficient (Wildman–Crippen LogP) is 3.82. The Morgan fingerprint density at radius 1 is 1.29 bits per heavy atom. The third-order valence-corrected chi connectivity index (χ3v) is 3.62. The van der Waals surface area contributed by atoms with Crippen LogP contribution in [0.5, 0.6) is 5.75 Å². The Morgan fingerprint density at radius 3 is 2.76 bits per heavy atom. The van der Waals surface area contributed by atoms with Gasteiger partial charge in [0.1, 0.15) is 11.6 Å². The minimum absolute atomic E-state index is 0.260. The molecule has 0 aromatic heterocycles. The summed E-state index contributed by atoms with van der Waals surface area (Å²) in [5.74, 6) is 0.991. The van der Waals surface area contributed by atoms with Crippen molar-refractivity contribution in [3.8, 4) is 5.75 Å². The molecule has 1 aromatic rings. The maximum absolute atomic E-state index is 13.1. The molecule has 0 spiro atoms. The monoisotopic (exact) mass is 237 g/mol. The summed E-state index contributed by atoms with van der Waals surface area (Å²) < 4.78 is 18.3. The van der Waals surface area contributed by atoms with Crippen molar-refractivity contribution in [1.82, 2.24) is 0 Å². The van der Waals surface area contributed by atoms with Crippen LogP contribution in [0.2, 0.25) is 0 Å². The average Bonchev–Trinajstić information content (AvgIpc) is 2.34. The Hall–Kier alpha value is -1.25. The Balaban J connectivity index is 2.11. The number of ether oxygens (including phenoxy) is 1. The lowest BCUT2D eigenvalue weighted by Crippen LogP contribution is -2.30. The van der Waals surface area contributed by atoms with E-state index in [1.165, 1.54) is 37.8 Å². The summed E-state index contributed by atoms with van der Waals surface area (Å²) in [6.45, 7) is 2.27. The molecule has 2 nitrogen and oxygen atoms in total. The van der Waals surface area contributed by atoms with Crippen molar-refractivity contribution >= 4 is 5.69 Å². The minimum atomic E-state index is -0.260. The van der Waals surface area contributed by atoms with Crippen LogP contribution in [0.15, 0.2) is 18.2 Å². The third kappa shape index (κ3) is 2.90. The molecule has 2 atom stereocenters. The number of hydrogen-bond acceptors (Lipinski definition) is 2. The molecule has 1 aliphatic rings. The molecular weight excluding hydrogens is 217 g/mol. The normalized spacial score (nSPS) is 24.4. The van der Waals surface area contributed by atoms with Gasteiger partial charge < -0.3 is 10.1 Å². The topological polar surface area (TPSA) is 21.3 Å². The fourth-order valence-corrected chi connectivity index (χ4v) is 2.51. The fourth-order valence-electron chi connectivity index (χ4n) is 2.51. The van der Waals surface area contributed by atoms with Crippen molar-refractivity contribution < 1.29 is 9.13 Å². The number of anilines is 1. The Labute approximate surface area is 102 Å². The highest BCUT2D eigenvalue weighted by Gasteiger charge is 2.21. The molecule has 0 aliphatic heterocycles. The van der Waals surface area contributed by atoms with Gasteiger partial charge in [0.15, 0.2) is 0 Å². The molecular formula is C14H20FNO. The zero-order valence-electron chi connectivity index (χ0n) is 10.5. The van der Waals surface area contributed by atoms with Gasteiger partial charge in [-0.2, -0.15) is 0 Å². The largest absolute Gasteiger partial charge is 0.494 e. The smallest absolute Gasteiger partial charge is 0.144 e. The molecule has 0 radical (unpaired) electrons. The van der Waals surface area contributed by atoms with E-state index in [0.29, 0.717) is 17.7 Å². The summed E-state index contributed by atoms with van der Waals surface area (Å²) >= 11 is 0. The Morgan fingerprint density at radius 2 is 2.06 bits per heavy atom. The fraction of sp³-hybridized carbons (Fsp3) is 0.571. The van der Waals surface area contributed by atoms with E-state index in [2.05, 4.69) is 12.2 Å². The van der Waals surface area contributed by atoms with E-state index in [-0.39, 0.29) is 5.82 Å². The van der Waals surface area contributed by atoms with Gasteiger partial charge in [-0.3, -0.25) is 0 Å². The zero-order valence-corrected chi connectivity index (χ0v) is 10.5. The molecule has 3 heteroatoms. The van der Waals surface area contributed by atoms with E-state index in [9.17, 15) is 4.39 Å². The van der Waals surface area contributed by atoms with Crippen molar-refractivity contribution in [1.29, 1.82) is 0 Å². The highest BCUT2D eigenvalue weighted by molar-refractivity contribution is 5.57. The Kier molecular flexibility index (Phi) is 3.87. The van der Waals surface area contributed by atoms with E-state index < -0.39 is 0 Å². The van der Waals surface area contributed by atoms with E-state index in [4.69, 9.17) is 4.74 Å². The van der Waals surface area contributed by atoms with Gasteiger partial charge in [-0.25, -0.2) is 4.39 Å². The summed E-state index contributed by atoms with van der Waals surface area (Å²) in [5, 5.41) is 3.49. The summed E-state index contributed by atoms with van der Waals surface area (Å²) in [6.07, 6.45) is 5.04. The lowest BCUT2D eigenvalue weighted by atomic mass is 9.86. The average molecular weight is 237 g/mol. The molecule has 1 aromatic carbocycles. The second-order valence-corrected chi connectivity index (χ2v) is 4.86. The quantitative estimate of drug-likeness (QED) is 0.862. The van der Waals surface area contributed by atoms with Crippen LogP contribution in [0.4, 0.5) is 10.1 Å². The first-order chi connectivity index (χ1) is 8.20. The van der Waals surface area contributed by atoms with Crippen LogP contribution in [-0.4, -0.2) is 13.2 Å². The van der Waals surface area contributed by atoms with Crippen molar-refractivity contribution in [2.45, 2.75) is 38.6 Å². The highest BCUT2D eigenvalue weighted by Crippen LogP contribution is 2.31. The van der Waals surface area contributed by atoms with Crippen molar-refractivity contribution in [3.05, 3.63) is 24.0 Å². The molecule has 1 N–H and O–H groups in total. The van der Waals surface area contributed by atoms with Gasteiger partial charge in [-0.1, -0.05) is 19.8 Å². The lowest BCUT2D eigenvalue weighted by molar-refractivity contribution is 0.347. The van der Waals surface area contributed by atoms with Crippen LogP contribution in [0.1, 0.15) is 32.6 Å². The van der Waals surface area contributed by atoms with Gasteiger partial charge in [-0.05, 0) is 30.9 Å². The van der Waals surface area contributed by atoms with Gasteiger partial charge >= 0.3 is 0 Å². The maximum Gasteiger partial charge on any atom is 0.144 e. The lowest BCUT2D eigenvalue weighted by Gasteiger charge is -2.30. The van der Waals surface area contributed by atoms with Crippen LogP contribution >= 0.6 is 0 Å². The van der Waals surface area contributed by atoms with Crippen LogP contribution in [0, 0.1) is 11.7 Å². The van der Waals surface area contributed by atoms with E-state index >= 15 is 0 Å². The molecule has 2 rings (SSSR count). The molecule has 1 saturated carbocycles. The number of halogens is 1. The van der Waals surface area contributed by atoms with E-state index in [1.54, 1.807) is 13.2 Å². The maximum atomic E-state index is 13.1. The van der Waals surface area contributed by atoms with Gasteiger partial charge in [0.05, 0.1) is 12.8 Å². The van der Waals surface area contributed by atoms with Crippen LogP contribution in [-0.2, 0) is 0 Å². The predicted molar refractivity (Wildman–Crippen MR) is 68.0 cm³/mol. The molecule has 2 unspecified atom stereocenters. The zero-order chi connectivity index (χ0) is 12.3. The first kappa shape index (κ1) is 12.2. The number of hydrogen-bond donors (Lipinski definition) is 1. The van der Waals surface area contributed by atoms with Crippen LogP contribution in [0.3, 0.4) is 0 Å². The molecule has 0 amide bonds. The summed E-state index contributed by atoms with van der Waals surface area (Å²) in [6, 6.07) is 5.13. The summed E-state index contributed by atoms with van der Waals surface area (Å²) in [4.78, 5) is 0. The molecule has 1 fully saturated rings. The standard InChI is InChI=1S/C14H20FNO/c1-10-5-3-4-6-12(10)16-13-8-7-11(15)9-14(13)17-2/h7-10,12,16H,3-6H2,1-2H3. The van der Waals surface area contributed by atoms with E-state index in [1.807, 2.05) is 0 Å². The summed E-state index contributed by atoms with van der Waals surface area (Å²) in [5.41, 5.74) is 0.896. The van der Waals surface area contributed by atoms with Gasteiger partial charge in [0, 0.05) is 12.1 Å². The second kappa shape index (κ2) is 5.39. The Bertz CT molecular complexity index is 380. The van der Waals surface area contributed by atoms with Crippen molar-refractivity contribution in [2.24, 2.45) is 5.92 Å². The number of rotatable bonds is 3. The third-order valence-electron chi connectivity index (χ3n) is 3.62. The highest BCUT2D eigenvalue weighted by atomic mass is 19.1. The van der Waals surface area contributed by atoms with Gasteiger partial charge in [-0.15, -0.1) is 0 Å². The molecule has 0 bridgehead atoms. The first-order valence-electron chi connectivity index (χ1n) is 6.31. The molecule has 0 saturated heterocycles. The molecule has 17 heavy (non-hydrogen) atoms. The number of methoxy groups -OCH3 is 1. The van der Waals surface area contributed by atoms with Gasteiger partial charge in [0.2, 0.25) is 0 Å². The SMILES string of the molecule is COc1cc(F)ccc1NC1CCCCC1C. The number of benzene rings is 1. The second-order valence-electron chi connectivity index (χ2n) is 4.86. The minimum Gasteiger partial charge on any atom is -0.494 e. The first-order valence-corrected chi connectivity index (χ1v) is 6.31. The van der Waals surface area contributed by atoms with E-state index in [0.717, 1.165) is 5.69 Å². The van der Waals surface area contributed by atoms with Gasteiger partial charge in [0.25, 0.3) is 0 Å². The van der Waals surface area contributed by atoms with Crippen LogP contribution < -0.4 is 10.1 Å². The van der Waals surface area contributed by atoms with Crippen molar-refractivity contribution in [2.75, 3.05) is 12.4 Å². The van der Waals surface area contributed by atoms with Crippen LogP contribution in [0.25, 0.3) is 0 Å². The molecule has 0 heterocycles. The van der Waals surface area contributed by atoms with Crippen molar-refractivity contribution in [3.63, 3.8) is 0 Å². The molecule has 94 valence electrons. The number of nitrogens with one attached hydrogen (secondary N) is 1. The molecule has 1 aliphatic carbocycles. The summed E-state index contributed by atoms with van der Waals surface area (Å²) in [7, 11) is 1.57.